The minimum atomic E-state index is -0.128. The molecule has 1 fully saturated rings. The quantitative estimate of drug-likeness (QED) is 0.591. The van der Waals surface area contributed by atoms with Crippen LogP contribution >= 0.6 is 0 Å². The van der Waals surface area contributed by atoms with Crippen LogP contribution in [0, 0.1) is 11.3 Å². The maximum Gasteiger partial charge on any atom is 0.229 e. The lowest BCUT2D eigenvalue weighted by atomic mass is 10.1. The average molecular weight is 308 g/mol. The van der Waals surface area contributed by atoms with Crippen molar-refractivity contribution >= 4 is 11.9 Å². The van der Waals surface area contributed by atoms with Gasteiger partial charge in [-0.15, -0.1) is 0 Å². The highest BCUT2D eigenvalue weighted by Crippen LogP contribution is 2.28. The van der Waals surface area contributed by atoms with Crippen molar-refractivity contribution in [3.63, 3.8) is 0 Å². The number of aromatic nitrogens is 1. The van der Waals surface area contributed by atoms with Crippen LogP contribution in [0.25, 0.3) is 11.3 Å². The summed E-state index contributed by atoms with van der Waals surface area (Å²) in [4.78, 5) is 18.9. The maximum atomic E-state index is 11.6. The Labute approximate surface area is 135 Å². The predicted octanol–water partition coefficient (Wildman–Crippen LogP) is 2.61. The van der Waals surface area contributed by atoms with E-state index in [4.69, 9.17) is 5.41 Å². The summed E-state index contributed by atoms with van der Waals surface area (Å²) in [6, 6.07) is 14.0. The molecule has 0 aliphatic heterocycles. The van der Waals surface area contributed by atoms with Crippen molar-refractivity contribution in [1.82, 2.24) is 10.3 Å². The van der Waals surface area contributed by atoms with Gasteiger partial charge in [-0.2, -0.15) is 4.99 Å². The van der Waals surface area contributed by atoms with E-state index in [-0.39, 0.29) is 17.8 Å². The van der Waals surface area contributed by atoms with Crippen LogP contribution in [-0.2, 0) is 11.2 Å². The summed E-state index contributed by atoms with van der Waals surface area (Å²) in [6.07, 6.45) is 2.83. The number of H-pyrrole nitrogens is 1. The number of nitrogens with zero attached hydrogens (tertiary/aromatic N) is 1. The zero-order chi connectivity index (χ0) is 16.2. The number of aromatic amines is 1. The second kappa shape index (κ2) is 6.60. The highest BCUT2D eigenvalue weighted by molar-refractivity contribution is 5.97. The molecule has 0 unspecified atom stereocenters. The van der Waals surface area contributed by atoms with Gasteiger partial charge in [0.25, 0.3) is 0 Å². The van der Waals surface area contributed by atoms with Crippen molar-refractivity contribution in [3.8, 4) is 11.3 Å². The minimum absolute atomic E-state index is 0.0675. The number of hydrogen-bond donors (Lipinski definition) is 3. The van der Waals surface area contributed by atoms with Crippen molar-refractivity contribution in [1.29, 1.82) is 5.41 Å². The van der Waals surface area contributed by atoms with E-state index in [0.29, 0.717) is 5.49 Å². The topological polar surface area (TPSA) is 81.1 Å². The second-order valence-electron chi connectivity index (χ2n) is 5.72. The summed E-state index contributed by atoms with van der Waals surface area (Å²) in [5.74, 6) is -0.167. The summed E-state index contributed by atoms with van der Waals surface area (Å²) in [5.41, 5.74) is 3.82. The van der Waals surface area contributed by atoms with Gasteiger partial charge in [0.15, 0.2) is 0 Å². The van der Waals surface area contributed by atoms with Crippen LogP contribution in [0.5, 0.6) is 0 Å². The largest absolute Gasteiger partial charge is 0.340 e. The van der Waals surface area contributed by atoms with Crippen LogP contribution in [0.4, 0.5) is 0 Å². The molecule has 5 heteroatoms. The Bertz CT molecular complexity index is 785. The summed E-state index contributed by atoms with van der Waals surface area (Å²) >= 11 is 0. The first-order chi connectivity index (χ1) is 11.2. The molecule has 2 aromatic rings. The van der Waals surface area contributed by atoms with E-state index in [0.717, 1.165) is 30.5 Å². The van der Waals surface area contributed by atoms with Gasteiger partial charge in [0.05, 0.1) is 0 Å². The molecule has 0 saturated heterocycles. The van der Waals surface area contributed by atoms with E-state index in [2.05, 4.69) is 46.5 Å². The Kier molecular flexibility index (Phi) is 4.37. The zero-order valence-corrected chi connectivity index (χ0v) is 13.1. The molecule has 1 aromatic heterocycles. The fraction of sp³-hybridized carbons (Fsp3) is 0.278. The van der Waals surface area contributed by atoms with Crippen LogP contribution in [-0.4, -0.2) is 16.9 Å². The third kappa shape index (κ3) is 3.94. The van der Waals surface area contributed by atoms with Gasteiger partial charge in [-0.1, -0.05) is 37.3 Å². The molecule has 3 rings (SSSR count). The summed E-state index contributed by atoms with van der Waals surface area (Å²) in [6.45, 7) is 2.13. The van der Waals surface area contributed by atoms with Crippen molar-refractivity contribution in [2.45, 2.75) is 26.2 Å². The van der Waals surface area contributed by atoms with Crippen LogP contribution in [0.3, 0.4) is 0 Å². The number of hydrogen-bond acceptors (Lipinski definition) is 2. The molecule has 1 aliphatic rings. The van der Waals surface area contributed by atoms with Crippen molar-refractivity contribution in [2.75, 3.05) is 0 Å². The lowest BCUT2D eigenvalue weighted by Gasteiger charge is -2.04. The van der Waals surface area contributed by atoms with E-state index < -0.39 is 0 Å². The van der Waals surface area contributed by atoms with Crippen LogP contribution in [0.2, 0.25) is 0 Å². The molecule has 23 heavy (non-hydrogen) atoms. The molecular formula is C18H20N4O. The number of guanidine groups is 1. The van der Waals surface area contributed by atoms with Crippen molar-refractivity contribution in [3.05, 3.63) is 53.5 Å². The smallest absolute Gasteiger partial charge is 0.229 e. The molecule has 1 amide bonds. The number of carbonyl (C=O) groups excluding carboxylic acids is 1. The third-order valence-electron chi connectivity index (χ3n) is 3.87. The fourth-order valence-corrected chi connectivity index (χ4v) is 2.32. The van der Waals surface area contributed by atoms with Crippen molar-refractivity contribution in [2.24, 2.45) is 10.9 Å². The highest BCUT2D eigenvalue weighted by atomic mass is 16.2. The van der Waals surface area contributed by atoms with E-state index >= 15 is 0 Å². The van der Waals surface area contributed by atoms with Gasteiger partial charge in [-0.3, -0.25) is 15.5 Å². The monoisotopic (exact) mass is 308 g/mol. The van der Waals surface area contributed by atoms with E-state index in [9.17, 15) is 4.79 Å². The lowest BCUT2D eigenvalue weighted by molar-refractivity contribution is -0.120. The van der Waals surface area contributed by atoms with Gasteiger partial charge in [0.2, 0.25) is 11.9 Å². The number of nitrogens with one attached hydrogen (secondary N) is 3. The first kappa shape index (κ1) is 15.2. The molecule has 0 radical (unpaired) electrons. The zero-order valence-electron chi connectivity index (χ0n) is 13.1. The van der Waals surface area contributed by atoms with Crippen LogP contribution < -0.4 is 10.8 Å². The standard InChI is InChI=1S/C18H20N4O/c1-2-12-6-8-13(9-7-12)15-4-3-5-16(20-15)21-18(19)22-17(23)14-10-11-14/h3-9,14H,2,10-11H2,1H3,(H3,19,20,21,22,23). The molecule has 1 aromatic carbocycles. The average Bonchev–Trinajstić information content (AvgIpc) is 3.40. The second-order valence-corrected chi connectivity index (χ2v) is 5.72. The van der Waals surface area contributed by atoms with Crippen molar-refractivity contribution < 1.29 is 4.79 Å². The normalized spacial score (nSPS) is 14.6. The third-order valence-corrected chi connectivity index (χ3v) is 3.87. The number of rotatable bonds is 3. The first-order valence-corrected chi connectivity index (χ1v) is 7.88. The predicted molar refractivity (Wildman–Crippen MR) is 89.8 cm³/mol. The van der Waals surface area contributed by atoms with Crippen LogP contribution in [0.15, 0.2) is 47.5 Å². The minimum Gasteiger partial charge on any atom is -0.340 e. The molecular weight excluding hydrogens is 288 g/mol. The van der Waals surface area contributed by atoms with Gasteiger partial charge in [0, 0.05) is 11.6 Å². The summed E-state index contributed by atoms with van der Waals surface area (Å²) in [7, 11) is 0. The summed E-state index contributed by atoms with van der Waals surface area (Å²) in [5, 5.41) is 10.3. The number of carbonyl (C=O) groups is 1. The Hall–Kier alpha value is -2.69. The highest BCUT2D eigenvalue weighted by Gasteiger charge is 2.29. The molecule has 118 valence electrons. The van der Waals surface area contributed by atoms with Gasteiger partial charge >= 0.3 is 0 Å². The molecule has 0 spiro atoms. The number of benzene rings is 1. The summed E-state index contributed by atoms with van der Waals surface area (Å²) < 4.78 is 0. The lowest BCUT2D eigenvalue weighted by Crippen LogP contribution is -2.31. The molecule has 3 N–H and O–H groups in total. The SMILES string of the molecule is CCc1ccc(-c2ccc/c(=N/C(=N)NC(=O)C3CC3)[nH]2)cc1. The van der Waals surface area contributed by atoms with Gasteiger partial charge in [-0.25, -0.2) is 0 Å². The Morgan fingerprint density at radius 1 is 1.26 bits per heavy atom. The number of aryl methyl sites for hydroxylation is 1. The van der Waals surface area contributed by atoms with Crippen LogP contribution in [0.1, 0.15) is 25.3 Å². The molecule has 1 heterocycles. The Morgan fingerprint density at radius 3 is 2.65 bits per heavy atom. The number of amides is 1. The Balaban J connectivity index is 1.79. The molecule has 1 aliphatic carbocycles. The van der Waals surface area contributed by atoms with Gasteiger partial charge in [-0.05, 0) is 42.5 Å². The Morgan fingerprint density at radius 2 is 2.00 bits per heavy atom. The first-order valence-electron chi connectivity index (χ1n) is 7.88. The number of pyridine rings is 1. The molecule has 5 nitrogen and oxygen atoms in total. The molecule has 1 saturated carbocycles. The van der Waals surface area contributed by atoms with E-state index in [1.54, 1.807) is 6.07 Å². The maximum absolute atomic E-state index is 11.6. The molecule has 0 bridgehead atoms. The van der Waals surface area contributed by atoms with E-state index in [1.807, 2.05) is 12.1 Å². The van der Waals surface area contributed by atoms with Gasteiger partial charge < -0.3 is 4.98 Å². The fourth-order valence-electron chi connectivity index (χ4n) is 2.32. The van der Waals surface area contributed by atoms with E-state index in [1.165, 1.54) is 5.56 Å². The van der Waals surface area contributed by atoms with Gasteiger partial charge in [0.1, 0.15) is 5.49 Å². The molecule has 0 atom stereocenters.